The third-order valence-electron chi connectivity index (χ3n) is 2.39. The van der Waals surface area contributed by atoms with Crippen LogP contribution in [0.15, 0.2) is 41.2 Å². The Kier molecular flexibility index (Phi) is 3.75. The average molecular weight is 283 g/mol. The Hall–Kier alpha value is -2.02. The molecule has 19 heavy (non-hydrogen) atoms. The van der Waals surface area contributed by atoms with E-state index in [0.717, 1.165) is 6.26 Å². The lowest BCUT2D eigenvalue weighted by Gasteiger charge is -2.15. The van der Waals surface area contributed by atoms with Crippen LogP contribution in [0.4, 0.5) is 5.69 Å². The number of nitrogens with one attached hydrogen (secondary N) is 1. The second-order valence-electron chi connectivity index (χ2n) is 3.96. The van der Waals surface area contributed by atoms with Gasteiger partial charge >= 0.3 is 0 Å². The van der Waals surface area contributed by atoms with Gasteiger partial charge in [-0.2, -0.15) is 0 Å². The van der Waals surface area contributed by atoms with Crippen LogP contribution in [0.1, 0.15) is 0 Å². The van der Waals surface area contributed by atoms with Gasteiger partial charge in [0.1, 0.15) is 19.5 Å². The smallest absolute Gasteiger partial charge is 0.294 e. The number of hydrogen-bond donors (Lipinski definition) is 1. The van der Waals surface area contributed by atoms with Crippen LogP contribution in [0, 0.1) is 0 Å². The lowest BCUT2D eigenvalue weighted by atomic mass is 10.3. The second-order valence-corrected chi connectivity index (χ2v) is 5.97. The van der Waals surface area contributed by atoms with Crippen molar-refractivity contribution < 1.29 is 22.7 Å². The molecular weight excluding hydrogens is 270 g/mol. The molecule has 1 N–H and O–H groups in total. The maximum Gasteiger partial charge on any atom is 0.294 e. The summed E-state index contributed by atoms with van der Waals surface area (Å²) >= 11 is 0. The van der Waals surface area contributed by atoms with Gasteiger partial charge in [0, 0.05) is 11.9 Å². The summed E-state index contributed by atoms with van der Waals surface area (Å²) in [5.74, 6) is -0.415. The Morgan fingerprint density at radius 1 is 1.32 bits per heavy atom. The maximum absolute atomic E-state index is 11.8. The molecular formula is C12H13NO5S. The number of amides is 1. The molecule has 0 spiro atoms. The van der Waals surface area contributed by atoms with Crippen LogP contribution in [0.2, 0.25) is 0 Å². The van der Waals surface area contributed by atoms with Crippen molar-refractivity contribution in [1.82, 2.24) is 0 Å². The molecule has 7 heteroatoms. The summed E-state index contributed by atoms with van der Waals surface area (Å²) in [5.41, 5.74) is 0.378. The number of benzene rings is 1. The lowest BCUT2D eigenvalue weighted by Crippen LogP contribution is -2.21. The summed E-state index contributed by atoms with van der Waals surface area (Å²) in [6.07, 6.45) is 2.34. The monoisotopic (exact) mass is 283 g/mol. The molecule has 0 bridgehead atoms. The summed E-state index contributed by atoms with van der Waals surface area (Å²) in [7, 11) is -3.31. The van der Waals surface area contributed by atoms with E-state index in [-0.39, 0.29) is 10.7 Å². The van der Waals surface area contributed by atoms with Crippen LogP contribution in [0.3, 0.4) is 0 Å². The molecule has 1 amide bonds. The van der Waals surface area contributed by atoms with Gasteiger partial charge in [0.15, 0.2) is 9.84 Å². The van der Waals surface area contributed by atoms with Crippen LogP contribution in [-0.4, -0.2) is 33.8 Å². The first kappa shape index (κ1) is 13.4. The normalized spacial score (nSPS) is 14.9. The number of anilines is 1. The first-order valence-corrected chi connectivity index (χ1v) is 7.42. The molecule has 0 aliphatic carbocycles. The zero-order valence-corrected chi connectivity index (χ0v) is 11.1. The molecule has 6 nitrogen and oxygen atoms in total. The van der Waals surface area contributed by atoms with Crippen molar-refractivity contribution in [3.63, 3.8) is 0 Å². The molecule has 0 radical (unpaired) electrons. The van der Waals surface area contributed by atoms with E-state index < -0.39 is 15.7 Å². The summed E-state index contributed by atoms with van der Waals surface area (Å²) < 4.78 is 32.9. The first-order chi connectivity index (χ1) is 8.97. The minimum absolute atomic E-state index is 0.0657. The number of hydrogen-bond acceptors (Lipinski definition) is 5. The molecule has 1 heterocycles. The number of ether oxygens (including phenoxy) is 2. The molecule has 0 saturated carbocycles. The van der Waals surface area contributed by atoms with Crippen molar-refractivity contribution in [3.8, 4) is 0 Å². The van der Waals surface area contributed by atoms with Crippen molar-refractivity contribution in [3.05, 3.63) is 36.3 Å². The quantitative estimate of drug-likeness (QED) is 0.892. The van der Waals surface area contributed by atoms with Gasteiger partial charge in [-0.3, -0.25) is 4.79 Å². The van der Waals surface area contributed by atoms with E-state index in [4.69, 9.17) is 9.47 Å². The van der Waals surface area contributed by atoms with Crippen molar-refractivity contribution in [1.29, 1.82) is 0 Å². The summed E-state index contributed by atoms with van der Waals surface area (Å²) in [6, 6.07) is 6.00. The van der Waals surface area contributed by atoms with Gasteiger partial charge in [0.25, 0.3) is 5.91 Å². The molecule has 1 aliphatic rings. The van der Waals surface area contributed by atoms with Gasteiger partial charge in [-0.1, -0.05) is 6.07 Å². The maximum atomic E-state index is 11.8. The first-order valence-electron chi connectivity index (χ1n) is 5.53. The Morgan fingerprint density at radius 3 is 2.74 bits per heavy atom. The van der Waals surface area contributed by atoms with E-state index in [1.165, 1.54) is 18.4 Å². The molecule has 0 saturated heterocycles. The highest BCUT2D eigenvalue weighted by molar-refractivity contribution is 7.90. The highest BCUT2D eigenvalue weighted by Crippen LogP contribution is 2.16. The Bertz CT molecular complexity index is 621. The fourth-order valence-corrected chi connectivity index (χ4v) is 2.15. The van der Waals surface area contributed by atoms with Crippen molar-refractivity contribution >= 4 is 21.4 Å². The van der Waals surface area contributed by atoms with Crippen LogP contribution in [0.5, 0.6) is 0 Å². The minimum Gasteiger partial charge on any atom is -0.494 e. The van der Waals surface area contributed by atoms with Gasteiger partial charge in [0.2, 0.25) is 5.76 Å². The predicted octanol–water partition coefficient (Wildman–Crippen LogP) is 0.917. The van der Waals surface area contributed by atoms with Gasteiger partial charge < -0.3 is 14.8 Å². The zero-order valence-electron chi connectivity index (χ0n) is 10.3. The highest BCUT2D eigenvalue weighted by Gasteiger charge is 2.16. The molecule has 1 aliphatic heterocycles. The topological polar surface area (TPSA) is 81.7 Å². The third-order valence-corrected chi connectivity index (χ3v) is 3.50. The molecule has 1 aromatic rings. The molecule has 0 aromatic heterocycles. The van der Waals surface area contributed by atoms with E-state index in [2.05, 4.69) is 5.32 Å². The van der Waals surface area contributed by atoms with Gasteiger partial charge in [-0.05, 0) is 18.2 Å². The van der Waals surface area contributed by atoms with Crippen molar-refractivity contribution in [2.45, 2.75) is 4.90 Å². The lowest BCUT2D eigenvalue weighted by molar-refractivity contribution is -0.117. The third kappa shape index (κ3) is 3.47. The Morgan fingerprint density at radius 2 is 2.11 bits per heavy atom. The van der Waals surface area contributed by atoms with E-state index in [1.807, 2.05) is 0 Å². The fourth-order valence-electron chi connectivity index (χ4n) is 1.48. The summed E-state index contributed by atoms with van der Waals surface area (Å²) in [5, 5.41) is 2.55. The van der Waals surface area contributed by atoms with E-state index >= 15 is 0 Å². The Labute approximate surface area is 110 Å². The molecule has 2 rings (SSSR count). The van der Waals surface area contributed by atoms with Crippen LogP contribution in [-0.2, 0) is 24.1 Å². The van der Waals surface area contributed by atoms with Gasteiger partial charge in [0.05, 0.1) is 4.90 Å². The van der Waals surface area contributed by atoms with Crippen LogP contribution >= 0.6 is 0 Å². The van der Waals surface area contributed by atoms with E-state index in [9.17, 15) is 13.2 Å². The highest BCUT2D eigenvalue weighted by atomic mass is 32.2. The van der Waals surface area contributed by atoms with Crippen molar-refractivity contribution in [2.75, 3.05) is 24.8 Å². The Balaban J connectivity index is 2.15. The number of rotatable bonds is 3. The minimum atomic E-state index is -3.31. The fraction of sp³-hybridized carbons (Fsp3) is 0.250. The largest absolute Gasteiger partial charge is 0.494 e. The molecule has 1 aromatic carbocycles. The van der Waals surface area contributed by atoms with Gasteiger partial charge in [-0.25, -0.2) is 8.42 Å². The number of carbonyl (C=O) groups is 1. The molecule has 0 unspecified atom stereocenters. The summed E-state index contributed by atoms with van der Waals surface area (Å²) in [6.45, 7) is 0.711. The standard InChI is InChI=1S/C12H13NO5S/c1-19(15,16)10-4-2-3-9(7-10)13-12(14)11-8-17-5-6-18-11/h2-4,7-8H,5-6H2,1H3,(H,13,14). The molecule has 102 valence electrons. The van der Waals surface area contributed by atoms with E-state index in [1.54, 1.807) is 12.1 Å². The predicted molar refractivity (Wildman–Crippen MR) is 68.2 cm³/mol. The van der Waals surface area contributed by atoms with Crippen LogP contribution < -0.4 is 5.32 Å². The van der Waals surface area contributed by atoms with E-state index in [0.29, 0.717) is 18.9 Å². The van der Waals surface area contributed by atoms with Crippen molar-refractivity contribution in [2.24, 2.45) is 0 Å². The second kappa shape index (κ2) is 5.31. The molecule has 0 fully saturated rings. The number of sulfone groups is 1. The molecule has 0 atom stereocenters. The average Bonchev–Trinajstić information content (AvgIpc) is 2.39. The van der Waals surface area contributed by atoms with Gasteiger partial charge in [-0.15, -0.1) is 0 Å². The number of carbonyl (C=O) groups excluding carboxylic acids is 1. The zero-order chi connectivity index (χ0) is 13.9. The summed E-state index contributed by atoms with van der Waals surface area (Å²) in [4.78, 5) is 11.9. The SMILES string of the molecule is CS(=O)(=O)c1cccc(NC(=O)C2=COCCO2)c1. The van der Waals surface area contributed by atoms with Crippen LogP contribution in [0.25, 0.3) is 0 Å².